The Kier molecular flexibility index (Phi) is 8.98. The fourth-order valence-corrected chi connectivity index (χ4v) is 6.67. The molecule has 3 aliphatic rings. The second-order valence-corrected chi connectivity index (χ2v) is 12.6. The molecule has 1 amide bonds. The summed E-state index contributed by atoms with van der Waals surface area (Å²) in [6.07, 6.45) is 10.3. The summed E-state index contributed by atoms with van der Waals surface area (Å²) in [6, 6.07) is 7.19. The van der Waals surface area contributed by atoms with E-state index in [1.165, 1.54) is 61.9 Å². The van der Waals surface area contributed by atoms with Gasteiger partial charge in [0.2, 0.25) is 0 Å². The number of piperidine rings is 1. The summed E-state index contributed by atoms with van der Waals surface area (Å²) in [5.41, 5.74) is 4.31. The Labute approximate surface area is 225 Å². The van der Waals surface area contributed by atoms with Crippen LogP contribution in [0.3, 0.4) is 0 Å². The van der Waals surface area contributed by atoms with Crippen LogP contribution in [0.1, 0.15) is 97.5 Å². The van der Waals surface area contributed by atoms with E-state index in [-0.39, 0.29) is 6.09 Å². The average molecular weight is 514 g/mol. The molecule has 4 rings (SSSR count). The van der Waals surface area contributed by atoms with Crippen LogP contribution in [-0.4, -0.2) is 69.1 Å². The van der Waals surface area contributed by atoms with Gasteiger partial charge >= 0.3 is 6.09 Å². The van der Waals surface area contributed by atoms with Gasteiger partial charge in [0, 0.05) is 57.8 Å². The molecule has 2 saturated heterocycles. The van der Waals surface area contributed by atoms with Crippen molar-refractivity contribution in [3.05, 3.63) is 23.8 Å². The highest BCUT2D eigenvalue weighted by Gasteiger charge is 2.35. The van der Waals surface area contributed by atoms with Crippen LogP contribution < -0.4 is 9.80 Å². The van der Waals surface area contributed by atoms with E-state index >= 15 is 0 Å². The van der Waals surface area contributed by atoms with Crippen LogP contribution in [0.25, 0.3) is 0 Å². The first-order valence-electron chi connectivity index (χ1n) is 14.8. The summed E-state index contributed by atoms with van der Waals surface area (Å²) in [4.78, 5) is 19.5. The number of anilines is 2. The number of amides is 1. The van der Waals surface area contributed by atoms with E-state index < -0.39 is 5.60 Å². The van der Waals surface area contributed by atoms with E-state index in [1.807, 2.05) is 32.8 Å². The molecular formula is C31H51N3O3. The highest BCUT2D eigenvalue weighted by Crippen LogP contribution is 2.49. The molecule has 6 nitrogen and oxygen atoms in total. The number of hydrogen-bond acceptors (Lipinski definition) is 5. The summed E-state index contributed by atoms with van der Waals surface area (Å²) in [5, 5.41) is 0. The number of rotatable bonds is 6. The molecule has 1 aliphatic carbocycles. The van der Waals surface area contributed by atoms with E-state index in [2.05, 4.69) is 41.8 Å². The number of hydrogen-bond donors (Lipinski definition) is 0. The molecule has 2 heterocycles. The largest absolute Gasteiger partial charge is 0.444 e. The lowest BCUT2D eigenvalue weighted by atomic mass is 9.66. The summed E-state index contributed by atoms with van der Waals surface area (Å²) in [6.45, 7) is 15.7. The van der Waals surface area contributed by atoms with Gasteiger partial charge in [-0.05, 0) is 94.4 Å². The van der Waals surface area contributed by atoms with Crippen molar-refractivity contribution in [3.8, 4) is 0 Å². The maximum atomic E-state index is 12.6. The average Bonchev–Trinajstić information content (AvgIpc) is 2.92. The maximum absolute atomic E-state index is 12.6. The van der Waals surface area contributed by atoms with E-state index in [1.54, 1.807) is 0 Å². The molecule has 208 valence electrons. The van der Waals surface area contributed by atoms with Crippen molar-refractivity contribution in [2.24, 2.45) is 5.41 Å². The first-order chi connectivity index (χ1) is 17.7. The highest BCUT2D eigenvalue weighted by atomic mass is 16.6. The van der Waals surface area contributed by atoms with Crippen LogP contribution in [-0.2, 0) is 9.47 Å². The minimum atomic E-state index is -0.458. The highest BCUT2D eigenvalue weighted by molar-refractivity contribution is 5.69. The summed E-state index contributed by atoms with van der Waals surface area (Å²) in [5.74, 6) is 0.605. The van der Waals surface area contributed by atoms with E-state index in [9.17, 15) is 4.79 Å². The third kappa shape index (κ3) is 6.74. The van der Waals surface area contributed by atoms with Crippen molar-refractivity contribution in [1.82, 2.24) is 4.90 Å². The lowest BCUT2D eigenvalue weighted by Gasteiger charge is -2.42. The molecule has 0 bridgehead atoms. The minimum Gasteiger partial charge on any atom is -0.444 e. The van der Waals surface area contributed by atoms with Gasteiger partial charge in [-0.2, -0.15) is 0 Å². The van der Waals surface area contributed by atoms with Gasteiger partial charge in [0.05, 0.1) is 6.10 Å². The Morgan fingerprint density at radius 2 is 1.65 bits per heavy atom. The maximum Gasteiger partial charge on any atom is 0.410 e. The zero-order chi connectivity index (χ0) is 26.6. The molecule has 37 heavy (non-hydrogen) atoms. The number of carbonyl (C=O) groups is 1. The number of carbonyl (C=O) groups excluding carboxylic acids is 1. The minimum absolute atomic E-state index is 0.191. The van der Waals surface area contributed by atoms with Crippen molar-refractivity contribution >= 4 is 17.5 Å². The molecule has 0 unspecified atom stereocenters. The van der Waals surface area contributed by atoms with E-state index in [4.69, 9.17) is 9.47 Å². The molecule has 0 aromatic heterocycles. The number of nitrogens with zero attached hydrogens (tertiary/aromatic N) is 3. The summed E-state index contributed by atoms with van der Waals surface area (Å²) >= 11 is 0. The molecule has 1 aromatic carbocycles. The third-order valence-electron chi connectivity index (χ3n) is 9.35. The van der Waals surface area contributed by atoms with Crippen molar-refractivity contribution in [1.29, 1.82) is 0 Å². The van der Waals surface area contributed by atoms with Crippen molar-refractivity contribution in [2.45, 2.75) is 104 Å². The molecule has 0 spiro atoms. The Morgan fingerprint density at radius 3 is 2.24 bits per heavy atom. The van der Waals surface area contributed by atoms with Gasteiger partial charge in [0.1, 0.15) is 5.60 Å². The zero-order valence-corrected chi connectivity index (χ0v) is 24.4. The molecule has 6 heteroatoms. The van der Waals surface area contributed by atoms with Crippen molar-refractivity contribution < 1.29 is 14.3 Å². The molecule has 3 fully saturated rings. The summed E-state index contributed by atoms with van der Waals surface area (Å²) in [7, 11) is 1.84. The quantitative estimate of drug-likeness (QED) is 0.417. The Balaban J connectivity index is 1.54. The third-order valence-corrected chi connectivity index (χ3v) is 9.35. The van der Waals surface area contributed by atoms with Gasteiger partial charge in [-0.25, -0.2) is 4.79 Å². The van der Waals surface area contributed by atoms with Gasteiger partial charge in [0.25, 0.3) is 0 Å². The molecule has 2 aliphatic heterocycles. The molecular weight excluding hydrogens is 462 g/mol. The van der Waals surface area contributed by atoms with Crippen molar-refractivity contribution in [2.75, 3.05) is 56.2 Å². The normalized spacial score (nSPS) is 23.3. The topological polar surface area (TPSA) is 45.2 Å². The molecule has 0 radical (unpaired) electrons. The second-order valence-electron chi connectivity index (χ2n) is 12.6. The second kappa shape index (κ2) is 11.8. The van der Waals surface area contributed by atoms with Crippen LogP contribution in [0.5, 0.6) is 0 Å². The number of piperazine rings is 1. The Hall–Kier alpha value is -1.95. The van der Waals surface area contributed by atoms with Crippen LogP contribution in [0.4, 0.5) is 16.2 Å². The van der Waals surface area contributed by atoms with Crippen molar-refractivity contribution in [3.63, 3.8) is 0 Å². The predicted molar refractivity (Wildman–Crippen MR) is 153 cm³/mol. The van der Waals surface area contributed by atoms with E-state index in [0.717, 1.165) is 32.6 Å². The van der Waals surface area contributed by atoms with Crippen LogP contribution in [0.15, 0.2) is 18.2 Å². The number of methoxy groups -OCH3 is 1. The standard InChI is InChI=1S/C31H51N3O3/c1-7-31(8-2)15-13-24(14-16-31)27-22-25(34-17-9-10-26(23-34)36-6)11-12-28(27)32-18-20-33(21-19-32)29(35)37-30(3,4)5/h11-12,22,24,26H,7-10,13-21,23H2,1-6H3/t26-/m0/s1. The number of ether oxygens (including phenoxy) is 2. The lowest BCUT2D eigenvalue weighted by molar-refractivity contribution is 0.0240. The lowest BCUT2D eigenvalue weighted by Crippen LogP contribution is -2.50. The van der Waals surface area contributed by atoms with Gasteiger partial charge in [-0.15, -0.1) is 0 Å². The first kappa shape index (κ1) is 28.1. The smallest absolute Gasteiger partial charge is 0.410 e. The van der Waals surface area contributed by atoms with Crippen LogP contribution >= 0.6 is 0 Å². The fraction of sp³-hybridized carbons (Fsp3) is 0.774. The molecule has 1 atom stereocenters. The molecule has 1 saturated carbocycles. The SMILES string of the molecule is CCC1(CC)CCC(c2cc(N3CCC[C@H](OC)C3)ccc2N2CCN(C(=O)OC(C)(C)C)CC2)CC1. The van der Waals surface area contributed by atoms with Gasteiger partial charge in [-0.3, -0.25) is 0 Å². The summed E-state index contributed by atoms with van der Waals surface area (Å²) < 4.78 is 11.4. The Morgan fingerprint density at radius 1 is 0.973 bits per heavy atom. The molecule has 1 aromatic rings. The van der Waals surface area contributed by atoms with E-state index in [0.29, 0.717) is 30.5 Å². The predicted octanol–water partition coefficient (Wildman–Crippen LogP) is 6.82. The van der Waals surface area contributed by atoms with Crippen LogP contribution in [0.2, 0.25) is 0 Å². The zero-order valence-electron chi connectivity index (χ0n) is 24.4. The van der Waals surface area contributed by atoms with Gasteiger partial charge in [-0.1, -0.05) is 26.7 Å². The first-order valence-corrected chi connectivity index (χ1v) is 14.8. The monoisotopic (exact) mass is 513 g/mol. The fourth-order valence-electron chi connectivity index (χ4n) is 6.67. The van der Waals surface area contributed by atoms with Gasteiger partial charge < -0.3 is 24.2 Å². The molecule has 0 N–H and O–H groups in total. The van der Waals surface area contributed by atoms with Crippen LogP contribution in [0, 0.1) is 5.41 Å². The number of benzene rings is 1. The Bertz CT molecular complexity index is 889. The van der Waals surface area contributed by atoms with Gasteiger partial charge in [0.15, 0.2) is 0 Å².